The SMILES string of the molecule is Cc1ccsc1C(=O)CCC1CC1. The molecule has 13 heavy (non-hydrogen) atoms. The topological polar surface area (TPSA) is 17.1 Å². The number of carbonyl (C=O) groups is 1. The first-order valence-corrected chi connectivity index (χ1v) is 5.72. The molecule has 70 valence electrons. The summed E-state index contributed by atoms with van der Waals surface area (Å²) in [6.07, 6.45) is 4.55. The van der Waals surface area contributed by atoms with E-state index in [1.54, 1.807) is 11.3 Å². The summed E-state index contributed by atoms with van der Waals surface area (Å²) in [6.45, 7) is 2.01. The third-order valence-electron chi connectivity index (χ3n) is 2.59. The third-order valence-corrected chi connectivity index (χ3v) is 3.65. The van der Waals surface area contributed by atoms with E-state index in [0.717, 1.165) is 29.2 Å². The summed E-state index contributed by atoms with van der Waals surface area (Å²) in [6, 6.07) is 2.02. The highest BCUT2D eigenvalue weighted by atomic mass is 32.1. The van der Waals surface area contributed by atoms with Crippen molar-refractivity contribution in [2.75, 3.05) is 0 Å². The van der Waals surface area contributed by atoms with E-state index in [9.17, 15) is 4.79 Å². The third kappa shape index (κ3) is 2.19. The van der Waals surface area contributed by atoms with Crippen molar-refractivity contribution in [3.8, 4) is 0 Å². The van der Waals surface area contributed by atoms with Gasteiger partial charge in [0.2, 0.25) is 0 Å². The highest BCUT2D eigenvalue weighted by molar-refractivity contribution is 7.12. The van der Waals surface area contributed by atoms with E-state index in [2.05, 4.69) is 0 Å². The van der Waals surface area contributed by atoms with Gasteiger partial charge in [0, 0.05) is 6.42 Å². The molecule has 1 aromatic heterocycles. The molecule has 0 atom stereocenters. The Labute approximate surface area is 82.8 Å². The molecule has 0 bridgehead atoms. The van der Waals surface area contributed by atoms with E-state index in [4.69, 9.17) is 0 Å². The largest absolute Gasteiger partial charge is 0.293 e. The quantitative estimate of drug-likeness (QED) is 0.671. The van der Waals surface area contributed by atoms with Crippen LogP contribution in [0.3, 0.4) is 0 Å². The molecule has 1 aliphatic rings. The zero-order valence-electron chi connectivity index (χ0n) is 7.88. The van der Waals surface area contributed by atoms with Gasteiger partial charge in [-0.3, -0.25) is 4.79 Å². The van der Waals surface area contributed by atoms with Crippen molar-refractivity contribution in [3.05, 3.63) is 21.9 Å². The summed E-state index contributed by atoms with van der Waals surface area (Å²) >= 11 is 1.58. The van der Waals surface area contributed by atoms with Crippen molar-refractivity contribution < 1.29 is 4.79 Å². The molecule has 2 heteroatoms. The van der Waals surface area contributed by atoms with Crippen molar-refractivity contribution in [2.24, 2.45) is 5.92 Å². The minimum Gasteiger partial charge on any atom is -0.293 e. The molecule has 1 aromatic rings. The van der Waals surface area contributed by atoms with Crippen LogP contribution in [0.15, 0.2) is 11.4 Å². The number of ketones is 1. The molecular weight excluding hydrogens is 180 g/mol. The second-order valence-corrected chi connectivity index (χ2v) is 4.75. The van der Waals surface area contributed by atoms with Crippen molar-refractivity contribution in [2.45, 2.75) is 32.6 Å². The highest BCUT2D eigenvalue weighted by Crippen LogP contribution is 2.34. The smallest absolute Gasteiger partial charge is 0.173 e. The molecule has 1 heterocycles. The van der Waals surface area contributed by atoms with Gasteiger partial charge >= 0.3 is 0 Å². The van der Waals surface area contributed by atoms with Gasteiger partial charge in [0.05, 0.1) is 4.88 Å². The second kappa shape index (κ2) is 3.62. The molecule has 0 amide bonds. The summed E-state index contributed by atoms with van der Waals surface area (Å²) in [7, 11) is 0. The lowest BCUT2D eigenvalue weighted by Crippen LogP contribution is -1.98. The van der Waals surface area contributed by atoms with Crippen LogP contribution >= 0.6 is 11.3 Å². The Kier molecular flexibility index (Phi) is 2.49. The molecule has 1 saturated carbocycles. The lowest BCUT2D eigenvalue weighted by atomic mass is 10.1. The standard InChI is InChI=1S/C11H14OS/c1-8-6-7-13-11(8)10(12)5-4-9-2-3-9/h6-7,9H,2-5H2,1H3. The van der Waals surface area contributed by atoms with Gasteiger partial charge in [0.1, 0.15) is 0 Å². The van der Waals surface area contributed by atoms with Crippen LogP contribution in [-0.4, -0.2) is 5.78 Å². The molecular formula is C11H14OS. The average Bonchev–Trinajstić information content (AvgIpc) is 2.84. The predicted molar refractivity (Wildman–Crippen MR) is 55.3 cm³/mol. The van der Waals surface area contributed by atoms with Gasteiger partial charge in [-0.25, -0.2) is 0 Å². The lowest BCUT2D eigenvalue weighted by molar-refractivity contribution is 0.0981. The number of hydrogen-bond acceptors (Lipinski definition) is 2. The minimum absolute atomic E-state index is 0.347. The number of aryl methyl sites for hydroxylation is 1. The van der Waals surface area contributed by atoms with Gasteiger partial charge in [0.15, 0.2) is 5.78 Å². The molecule has 2 rings (SSSR count). The Hall–Kier alpha value is -0.630. The molecule has 0 N–H and O–H groups in total. The zero-order chi connectivity index (χ0) is 9.26. The molecule has 0 aliphatic heterocycles. The van der Waals surface area contributed by atoms with Gasteiger partial charge < -0.3 is 0 Å². The van der Waals surface area contributed by atoms with E-state index in [-0.39, 0.29) is 0 Å². The van der Waals surface area contributed by atoms with E-state index >= 15 is 0 Å². The maximum Gasteiger partial charge on any atom is 0.173 e. The van der Waals surface area contributed by atoms with Crippen LogP contribution in [0.5, 0.6) is 0 Å². The molecule has 0 spiro atoms. The second-order valence-electron chi connectivity index (χ2n) is 3.84. The molecule has 1 fully saturated rings. The Morgan fingerprint density at radius 3 is 2.92 bits per heavy atom. The van der Waals surface area contributed by atoms with Crippen LogP contribution in [0.4, 0.5) is 0 Å². The van der Waals surface area contributed by atoms with Crippen molar-refractivity contribution in [3.63, 3.8) is 0 Å². The molecule has 0 aromatic carbocycles. The summed E-state index contributed by atoms with van der Waals surface area (Å²) in [4.78, 5) is 12.6. The Balaban J connectivity index is 1.92. The molecule has 0 unspecified atom stereocenters. The van der Waals surface area contributed by atoms with Crippen molar-refractivity contribution in [1.29, 1.82) is 0 Å². The summed E-state index contributed by atoms with van der Waals surface area (Å²) in [5.74, 6) is 1.21. The van der Waals surface area contributed by atoms with E-state index < -0.39 is 0 Å². The average molecular weight is 194 g/mol. The van der Waals surface area contributed by atoms with Crippen LogP contribution in [0.2, 0.25) is 0 Å². The fourth-order valence-electron chi connectivity index (χ4n) is 1.51. The van der Waals surface area contributed by atoms with E-state index in [1.807, 2.05) is 18.4 Å². The fraction of sp³-hybridized carbons (Fsp3) is 0.545. The van der Waals surface area contributed by atoms with Gasteiger partial charge in [-0.05, 0) is 36.3 Å². The maximum absolute atomic E-state index is 11.7. The number of hydrogen-bond donors (Lipinski definition) is 0. The van der Waals surface area contributed by atoms with Crippen LogP contribution in [0.1, 0.15) is 40.9 Å². The number of Topliss-reactive ketones (excluding diaryl/α,β-unsaturated/α-hetero) is 1. The summed E-state index contributed by atoms with van der Waals surface area (Å²) in [5.41, 5.74) is 1.14. The number of carbonyl (C=O) groups excluding carboxylic acids is 1. The van der Waals surface area contributed by atoms with Gasteiger partial charge in [-0.15, -0.1) is 11.3 Å². The molecule has 0 saturated heterocycles. The summed E-state index contributed by atoms with van der Waals surface area (Å²) in [5, 5.41) is 2.00. The predicted octanol–water partition coefficient (Wildman–Crippen LogP) is 3.43. The first-order valence-electron chi connectivity index (χ1n) is 4.84. The fourth-order valence-corrected chi connectivity index (χ4v) is 2.41. The summed E-state index contributed by atoms with van der Waals surface area (Å²) < 4.78 is 0. The molecule has 1 aliphatic carbocycles. The first-order chi connectivity index (χ1) is 6.27. The highest BCUT2D eigenvalue weighted by Gasteiger charge is 2.22. The number of rotatable bonds is 4. The first kappa shape index (κ1) is 8.95. The van der Waals surface area contributed by atoms with E-state index in [1.165, 1.54) is 12.8 Å². The van der Waals surface area contributed by atoms with Gasteiger partial charge in [0.25, 0.3) is 0 Å². The van der Waals surface area contributed by atoms with Crippen molar-refractivity contribution in [1.82, 2.24) is 0 Å². The normalized spacial score (nSPS) is 16.1. The van der Waals surface area contributed by atoms with Crippen LogP contribution in [0, 0.1) is 12.8 Å². The molecule has 0 radical (unpaired) electrons. The van der Waals surface area contributed by atoms with Crippen LogP contribution in [0.25, 0.3) is 0 Å². The Bertz CT molecular complexity index is 310. The Morgan fingerprint density at radius 1 is 1.62 bits per heavy atom. The zero-order valence-corrected chi connectivity index (χ0v) is 8.69. The Morgan fingerprint density at radius 2 is 2.38 bits per heavy atom. The van der Waals surface area contributed by atoms with Crippen LogP contribution in [-0.2, 0) is 0 Å². The van der Waals surface area contributed by atoms with Crippen LogP contribution < -0.4 is 0 Å². The molecule has 1 nitrogen and oxygen atoms in total. The maximum atomic E-state index is 11.7. The van der Waals surface area contributed by atoms with E-state index in [0.29, 0.717) is 5.78 Å². The number of thiophene rings is 1. The van der Waals surface area contributed by atoms with Crippen molar-refractivity contribution >= 4 is 17.1 Å². The van der Waals surface area contributed by atoms with Gasteiger partial charge in [-0.1, -0.05) is 12.8 Å². The van der Waals surface area contributed by atoms with Gasteiger partial charge in [-0.2, -0.15) is 0 Å². The lowest BCUT2D eigenvalue weighted by Gasteiger charge is -1.97. The minimum atomic E-state index is 0.347. The monoisotopic (exact) mass is 194 g/mol.